The maximum atomic E-state index is 13.2. The predicted molar refractivity (Wildman–Crippen MR) is 115 cm³/mol. The van der Waals surface area contributed by atoms with Gasteiger partial charge in [-0.25, -0.2) is 4.98 Å². The van der Waals surface area contributed by atoms with Crippen LogP contribution in [0.15, 0.2) is 67.0 Å². The number of pyridine rings is 1. The number of thiazole rings is 1. The summed E-state index contributed by atoms with van der Waals surface area (Å²) in [4.78, 5) is 23.9. The number of benzene rings is 2. The molecule has 5 heteroatoms. The van der Waals surface area contributed by atoms with Gasteiger partial charge in [-0.2, -0.15) is 0 Å². The molecule has 2 aromatic heterocycles. The molecule has 0 N–H and O–H groups in total. The van der Waals surface area contributed by atoms with Crippen molar-refractivity contribution in [3.05, 3.63) is 89.2 Å². The Labute approximate surface area is 168 Å². The molecular formula is C23H21N3OS. The minimum absolute atomic E-state index is 0.0326. The summed E-state index contributed by atoms with van der Waals surface area (Å²) >= 11 is 1.55. The largest absolute Gasteiger partial charge is 0.283 e. The number of aromatic nitrogens is 2. The second kappa shape index (κ2) is 7.90. The molecular weight excluding hydrogens is 366 g/mol. The first kappa shape index (κ1) is 18.3. The number of nitrogens with zero attached hydrogens (tertiary/aromatic N) is 3. The number of hydrogen-bond acceptors (Lipinski definition) is 4. The van der Waals surface area contributed by atoms with E-state index in [0.29, 0.717) is 13.0 Å². The summed E-state index contributed by atoms with van der Waals surface area (Å²) in [5, 5.41) is 0.724. The Bertz CT molecular complexity index is 1120. The standard InChI is InChI=1S/C23H21N3OS/c1-16-5-3-6-18(11-16)13-22(27)26(15-19-7-4-10-24-14-19)23-25-20-9-8-17(2)12-21(20)28-23/h3-12,14H,13,15H2,1-2H3. The SMILES string of the molecule is Cc1cccc(CC(=O)N(Cc2cccnc2)c2nc3ccc(C)cc3s2)c1. The van der Waals surface area contributed by atoms with Crippen molar-refractivity contribution in [1.82, 2.24) is 9.97 Å². The van der Waals surface area contributed by atoms with Gasteiger partial charge in [-0.15, -0.1) is 0 Å². The van der Waals surface area contributed by atoms with Crippen molar-refractivity contribution in [2.45, 2.75) is 26.8 Å². The summed E-state index contributed by atoms with van der Waals surface area (Å²) in [6, 6.07) is 18.1. The zero-order valence-electron chi connectivity index (χ0n) is 15.9. The second-order valence-corrected chi connectivity index (χ2v) is 7.98. The van der Waals surface area contributed by atoms with E-state index in [9.17, 15) is 4.79 Å². The van der Waals surface area contributed by atoms with Gasteiger partial charge < -0.3 is 0 Å². The fourth-order valence-corrected chi connectivity index (χ4v) is 4.24. The van der Waals surface area contributed by atoms with E-state index in [2.05, 4.69) is 24.0 Å². The Morgan fingerprint density at radius 3 is 2.61 bits per heavy atom. The molecule has 0 radical (unpaired) electrons. The topological polar surface area (TPSA) is 46.1 Å². The summed E-state index contributed by atoms with van der Waals surface area (Å²) in [6.45, 7) is 4.56. The molecule has 0 spiro atoms. The molecule has 28 heavy (non-hydrogen) atoms. The van der Waals surface area contributed by atoms with Crippen molar-refractivity contribution in [2.24, 2.45) is 0 Å². The third-order valence-electron chi connectivity index (χ3n) is 4.57. The van der Waals surface area contributed by atoms with Crippen LogP contribution < -0.4 is 4.90 Å². The van der Waals surface area contributed by atoms with Gasteiger partial charge in [0.2, 0.25) is 5.91 Å². The van der Waals surface area contributed by atoms with E-state index in [0.717, 1.165) is 32.0 Å². The molecule has 0 aliphatic heterocycles. The van der Waals surface area contributed by atoms with Crippen LogP contribution in [0.2, 0.25) is 0 Å². The first-order chi connectivity index (χ1) is 13.6. The summed E-state index contributed by atoms with van der Waals surface area (Å²) in [6.07, 6.45) is 3.88. The molecule has 4 rings (SSSR count). The van der Waals surface area contributed by atoms with Crippen LogP contribution in [0, 0.1) is 13.8 Å². The number of aryl methyl sites for hydroxylation is 2. The highest BCUT2D eigenvalue weighted by Crippen LogP contribution is 2.31. The van der Waals surface area contributed by atoms with Crippen LogP contribution in [0.5, 0.6) is 0 Å². The number of carbonyl (C=O) groups excluding carboxylic acids is 1. The van der Waals surface area contributed by atoms with Crippen molar-refractivity contribution in [3.63, 3.8) is 0 Å². The molecule has 0 unspecified atom stereocenters. The molecule has 0 saturated heterocycles. The van der Waals surface area contributed by atoms with Crippen molar-refractivity contribution in [3.8, 4) is 0 Å². The number of hydrogen-bond donors (Lipinski definition) is 0. The highest BCUT2D eigenvalue weighted by atomic mass is 32.1. The van der Waals surface area contributed by atoms with E-state index in [-0.39, 0.29) is 5.91 Å². The van der Waals surface area contributed by atoms with E-state index in [1.165, 1.54) is 5.56 Å². The number of rotatable bonds is 5. The lowest BCUT2D eigenvalue weighted by molar-refractivity contribution is -0.118. The summed E-state index contributed by atoms with van der Waals surface area (Å²) in [5.41, 5.74) is 5.26. The monoisotopic (exact) mass is 387 g/mol. The van der Waals surface area contributed by atoms with Crippen LogP contribution in [-0.4, -0.2) is 15.9 Å². The quantitative estimate of drug-likeness (QED) is 0.479. The van der Waals surface area contributed by atoms with Crippen LogP contribution in [0.3, 0.4) is 0 Å². The molecule has 0 atom stereocenters. The van der Waals surface area contributed by atoms with Gasteiger partial charge in [0.05, 0.1) is 23.2 Å². The molecule has 140 valence electrons. The second-order valence-electron chi connectivity index (χ2n) is 6.97. The average molecular weight is 388 g/mol. The van der Waals surface area contributed by atoms with Gasteiger partial charge in [0.15, 0.2) is 5.13 Å². The van der Waals surface area contributed by atoms with Crippen molar-refractivity contribution < 1.29 is 4.79 Å². The number of fused-ring (bicyclic) bond motifs is 1. The molecule has 2 heterocycles. The molecule has 0 bridgehead atoms. The van der Waals surface area contributed by atoms with Crippen molar-refractivity contribution in [2.75, 3.05) is 4.90 Å². The van der Waals surface area contributed by atoms with Crippen molar-refractivity contribution >= 4 is 32.6 Å². The van der Waals surface area contributed by atoms with E-state index in [1.807, 2.05) is 49.4 Å². The van der Waals surface area contributed by atoms with Gasteiger partial charge in [0, 0.05) is 12.4 Å². The zero-order valence-corrected chi connectivity index (χ0v) is 16.7. The molecule has 0 fully saturated rings. The van der Waals surface area contributed by atoms with Crippen LogP contribution >= 0.6 is 11.3 Å². The highest BCUT2D eigenvalue weighted by Gasteiger charge is 2.21. The molecule has 4 nitrogen and oxygen atoms in total. The summed E-state index contributed by atoms with van der Waals surface area (Å²) in [5.74, 6) is 0.0326. The fraction of sp³-hybridized carbons (Fsp3) is 0.174. The van der Waals surface area contributed by atoms with E-state index in [4.69, 9.17) is 4.98 Å². The van der Waals surface area contributed by atoms with E-state index < -0.39 is 0 Å². The van der Waals surface area contributed by atoms with Crippen molar-refractivity contribution in [1.29, 1.82) is 0 Å². The van der Waals surface area contributed by atoms with Crippen LogP contribution in [-0.2, 0) is 17.8 Å². The Morgan fingerprint density at radius 1 is 1.00 bits per heavy atom. The Morgan fingerprint density at radius 2 is 1.82 bits per heavy atom. The van der Waals surface area contributed by atoms with Gasteiger partial charge in [-0.1, -0.05) is 53.3 Å². The summed E-state index contributed by atoms with van der Waals surface area (Å²) in [7, 11) is 0. The van der Waals surface area contributed by atoms with Gasteiger partial charge >= 0.3 is 0 Å². The highest BCUT2D eigenvalue weighted by molar-refractivity contribution is 7.22. The Hall–Kier alpha value is -3.05. The minimum atomic E-state index is 0.0326. The van der Waals surface area contributed by atoms with Gasteiger partial charge in [0.1, 0.15) is 0 Å². The minimum Gasteiger partial charge on any atom is -0.283 e. The lowest BCUT2D eigenvalue weighted by Crippen LogP contribution is -2.31. The average Bonchev–Trinajstić information content (AvgIpc) is 3.09. The lowest BCUT2D eigenvalue weighted by atomic mass is 10.1. The smallest absolute Gasteiger partial charge is 0.233 e. The Kier molecular flexibility index (Phi) is 5.17. The third-order valence-corrected chi connectivity index (χ3v) is 5.61. The maximum absolute atomic E-state index is 13.2. The van der Waals surface area contributed by atoms with Crippen LogP contribution in [0.25, 0.3) is 10.2 Å². The first-order valence-electron chi connectivity index (χ1n) is 9.20. The lowest BCUT2D eigenvalue weighted by Gasteiger charge is -2.20. The maximum Gasteiger partial charge on any atom is 0.233 e. The first-order valence-corrected chi connectivity index (χ1v) is 10.0. The van der Waals surface area contributed by atoms with E-state index >= 15 is 0 Å². The molecule has 1 amide bonds. The number of anilines is 1. The molecule has 2 aromatic carbocycles. The molecule has 0 aliphatic rings. The zero-order chi connectivity index (χ0) is 19.5. The summed E-state index contributed by atoms with van der Waals surface area (Å²) < 4.78 is 1.09. The molecule has 4 aromatic rings. The molecule has 0 saturated carbocycles. The number of carbonyl (C=O) groups is 1. The van der Waals surface area contributed by atoms with Gasteiger partial charge in [-0.05, 0) is 48.7 Å². The van der Waals surface area contributed by atoms with Crippen LogP contribution in [0.4, 0.5) is 5.13 Å². The van der Waals surface area contributed by atoms with E-state index in [1.54, 1.807) is 28.6 Å². The fourth-order valence-electron chi connectivity index (χ4n) is 3.16. The van der Waals surface area contributed by atoms with Gasteiger partial charge in [-0.3, -0.25) is 14.7 Å². The number of amides is 1. The third kappa shape index (κ3) is 4.10. The van der Waals surface area contributed by atoms with Crippen LogP contribution in [0.1, 0.15) is 22.3 Å². The Balaban J connectivity index is 1.68. The normalized spacial score (nSPS) is 10.9. The predicted octanol–water partition coefficient (Wildman–Crippen LogP) is 5.08. The van der Waals surface area contributed by atoms with Gasteiger partial charge in [0.25, 0.3) is 0 Å². The molecule has 0 aliphatic carbocycles.